The first-order chi connectivity index (χ1) is 9.56. The number of likely N-dealkylation sites (tertiary alicyclic amines) is 1. The summed E-state index contributed by atoms with van der Waals surface area (Å²) in [5, 5.41) is 11.6. The van der Waals surface area contributed by atoms with Crippen LogP contribution in [0.3, 0.4) is 0 Å². The van der Waals surface area contributed by atoms with Gasteiger partial charge in [-0.1, -0.05) is 26.7 Å². The lowest BCUT2D eigenvalue weighted by Gasteiger charge is -2.19. The van der Waals surface area contributed by atoms with Gasteiger partial charge in [-0.25, -0.2) is 4.79 Å². The number of urea groups is 1. The van der Waals surface area contributed by atoms with Crippen molar-refractivity contribution >= 4 is 12.0 Å². The van der Waals surface area contributed by atoms with Gasteiger partial charge in [0.25, 0.3) is 0 Å². The molecule has 2 unspecified atom stereocenters. The zero-order valence-corrected chi connectivity index (χ0v) is 12.7. The largest absolute Gasteiger partial charge is 0.481 e. The molecule has 0 aromatic heterocycles. The number of hydrogen-bond donors (Lipinski definition) is 2. The van der Waals surface area contributed by atoms with Crippen molar-refractivity contribution in [1.29, 1.82) is 0 Å². The van der Waals surface area contributed by atoms with Crippen molar-refractivity contribution in [2.75, 3.05) is 19.6 Å². The fourth-order valence-corrected chi connectivity index (χ4v) is 2.73. The molecule has 116 valence electrons. The van der Waals surface area contributed by atoms with Crippen molar-refractivity contribution in [2.24, 2.45) is 11.8 Å². The average molecular weight is 284 g/mol. The number of nitrogens with zero attached hydrogens (tertiary/aromatic N) is 1. The fourth-order valence-electron chi connectivity index (χ4n) is 2.73. The molecule has 0 aromatic rings. The molecule has 20 heavy (non-hydrogen) atoms. The Morgan fingerprint density at radius 3 is 2.65 bits per heavy atom. The van der Waals surface area contributed by atoms with Gasteiger partial charge < -0.3 is 15.3 Å². The predicted octanol–water partition coefficient (Wildman–Crippen LogP) is 2.71. The predicted molar refractivity (Wildman–Crippen MR) is 78.6 cm³/mol. The number of aliphatic carboxylic acids is 1. The number of hydrogen-bond acceptors (Lipinski definition) is 2. The molecule has 2 N–H and O–H groups in total. The Morgan fingerprint density at radius 2 is 2.10 bits per heavy atom. The van der Waals surface area contributed by atoms with Crippen molar-refractivity contribution < 1.29 is 14.7 Å². The van der Waals surface area contributed by atoms with Gasteiger partial charge in [-0.15, -0.1) is 0 Å². The molecule has 0 aliphatic carbocycles. The molecule has 1 fully saturated rings. The van der Waals surface area contributed by atoms with E-state index >= 15 is 0 Å². The monoisotopic (exact) mass is 284 g/mol. The number of nitrogens with one attached hydrogen (secondary N) is 1. The number of carboxylic acid groups (broad SMARTS) is 1. The maximum absolute atomic E-state index is 12.0. The van der Waals surface area contributed by atoms with E-state index in [4.69, 9.17) is 5.11 Å². The number of amides is 2. The van der Waals surface area contributed by atoms with Gasteiger partial charge in [0, 0.05) is 26.1 Å². The van der Waals surface area contributed by atoms with Crippen LogP contribution in [0.5, 0.6) is 0 Å². The first-order valence-corrected chi connectivity index (χ1v) is 7.81. The SMILES string of the molecule is CCC(CCNC(=O)N1CCC(CC)C1)CCC(=O)O. The van der Waals surface area contributed by atoms with E-state index in [1.54, 1.807) is 0 Å². The lowest BCUT2D eigenvalue weighted by atomic mass is 9.97. The first-order valence-electron chi connectivity index (χ1n) is 7.81. The summed E-state index contributed by atoms with van der Waals surface area (Å²) in [5.74, 6) is 0.295. The second kappa shape index (κ2) is 8.82. The molecule has 5 heteroatoms. The molecule has 5 nitrogen and oxygen atoms in total. The van der Waals surface area contributed by atoms with Gasteiger partial charge in [0.15, 0.2) is 0 Å². The molecule has 1 heterocycles. The van der Waals surface area contributed by atoms with Crippen molar-refractivity contribution in [1.82, 2.24) is 10.2 Å². The Kier molecular flexibility index (Phi) is 7.41. The van der Waals surface area contributed by atoms with E-state index in [1.165, 1.54) is 0 Å². The number of carbonyl (C=O) groups is 2. The maximum atomic E-state index is 12.0. The van der Waals surface area contributed by atoms with Crippen LogP contribution >= 0.6 is 0 Å². The van der Waals surface area contributed by atoms with Gasteiger partial charge in [0.1, 0.15) is 0 Å². The average Bonchev–Trinajstić information content (AvgIpc) is 2.91. The minimum atomic E-state index is -0.741. The third-order valence-electron chi connectivity index (χ3n) is 4.32. The van der Waals surface area contributed by atoms with Crippen LogP contribution < -0.4 is 5.32 Å². The smallest absolute Gasteiger partial charge is 0.317 e. The summed E-state index contributed by atoms with van der Waals surface area (Å²) in [4.78, 5) is 24.4. The Labute approximate surface area is 121 Å². The number of carboxylic acids is 1. The topological polar surface area (TPSA) is 69.6 Å². The summed E-state index contributed by atoms with van der Waals surface area (Å²) in [6, 6.07) is 0.0361. The lowest BCUT2D eigenvalue weighted by Crippen LogP contribution is -2.39. The zero-order chi connectivity index (χ0) is 15.0. The Morgan fingerprint density at radius 1 is 1.35 bits per heavy atom. The Hall–Kier alpha value is -1.26. The van der Waals surface area contributed by atoms with E-state index < -0.39 is 5.97 Å². The van der Waals surface area contributed by atoms with Gasteiger partial charge in [-0.3, -0.25) is 4.79 Å². The zero-order valence-electron chi connectivity index (χ0n) is 12.7. The molecule has 1 aliphatic rings. The summed E-state index contributed by atoms with van der Waals surface area (Å²) in [7, 11) is 0. The van der Waals surface area contributed by atoms with Crippen LogP contribution in [0, 0.1) is 11.8 Å². The normalized spacial score (nSPS) is 19.9. The summed E-state index contributed by atoms with van der Waals surface area (Å²) in [6.45, 7) is 6.62. The van der Waals surface area contributed by atoms with E-state index in [2.05, 4.69) is 19.2 Å². The molecule has 1 aliphatic heterocycles. The van der Waals surface area contributed by atoms with Crippen LogP contribution in [0.4, 0.5) is 4.79 Å². The molecule has 2 amide bonds. The van der Waals surface area contributed by atoms with Gasteiger partial charge >= 0.3 is 12.0 Å². The van der Waals surface area contributed by atoms with E-state index in [0.717, 1.165) is 38.8 Å². The van der Waals surface area contributed by atoms with Gasteiger partial charge in [0.05, 0.1) is 0 Å². The lowest BCUT2D eigenvalue weighted by molar-refractivity contribution is -0.137. The van der Waals surface area contributed by atoms with E-state index in [-0.39, 0.29) is 12.5 Å². The second-order valence-electron chi connectivity index (χ2n) is 5.74. The summed E-state index contributed by atoms with van der Waals surface area (Å²) >= 11 is 0. The Balaban J connectivity index is 2.18. The van der Waals surface area contributed by atoms with Crippen LogP contribution in [-0.4, -0.2) is 41.6 Å². The summed E-state index contributed by atoms with van der Waals surface area (Å²) < 4.78 is 0. The van der Waals surface area contributed by atoms with Crippen molar-refractivity contribution in [3.63, 3.8) is 0 Å². The first kappa shape index (κ1) is 16.8. The fraction of sp³-hybridized carbons (Fsp3) is 0.867. The summed E-state index contributed by atoms with van der Waals surface area (Å²) in [6.07, 6.45) is 4.99. The maximum Gasteiger partial charge on any atom is 0.317 e. The van der Waals surface area contributed by atoms with Crippen molar-refractivity contribution in [3.8, 4) is 0 Å². The number of rotatable bonds is 8. The minimum Gasteiger partial charge on any atom is -0.481 e. The van der Waals surface area contributed by atoms with Crippen LogP contribution in [0.2, 0.25) is 0 Å². The standard InChI is InChI=1S/C15H28N2O3/c1-3-12(5-6-14(18)19)7-9-16-15(20)17-10-8-13(4-2)11-17/h12-13H,3-11H2,1-2H3,(H,16,20)(H,18,19). The Bertz CT molecular complexity index is 320. The van der Waals surface area contributed by atoms with E-state index in [9.17, 15) is 9.59 Å². The van der Waals surface area contributed by atoms with Crippen LogP contribution in [0.25, 0.3) is 0 Å². The van der Waals surface area contributed by atoms with E-state index in [0.29, 0.717) is 24.8 Å². The van der Waals surface area contributed by atoms with Crippen molar-refractivity contribution in [2.45, 2.75) is 52.4 Å². The molecule has 1 saturated heterocycles. The van der Waals surface area contributed by atoms with Crippen LogP contribution in [0.1, 0.15) is 52.4 Å². The molecule has 0 saturated carbocycles. The third kappa shape index (κ3) is 5.80. The third-order valence-corrected chi connectivity index (χ3v) is 4.32. The summed E-state index contributed by atoms with van der Waals surface area (Å²) in [5.41, 5.74) is 0. The molecule has 2 atom stereocenters. The van der Waals surface area contributed by atoms with Crippen LogP contribution in [-0.2, 0) is 4.79 Å². The molecule has 0 spiro atoms. The molecular weight excluding hydrogens is 256 g/mol. The highest BCUT2D eigenvalue weighted by Crippen LogP contribution is 2.19. The second-order valence-corrected chi connectivity index (χ2v) is 5.74. The van der Waals surface area contributed by atoms with Gasteiger partial charge in [0.2, 0.25) is 0 Å². The molecule has 0 bridgehead atoms. The molecule has 0 aromatic carbocycles. The minimum absolute atomic E-state index is 0.0361. The molecule has 0 radical (unpaired) electrons. The van der Waals surface area contributed by atoms with Crippen LogP contribution in [0.15, 0.2) is 0 Å². The van der Waals surface area contributed by atoms with Crippen molar-refractivity contribution in [3.05, 3.63) is 0 Å². The van der Waals surface area contributed by atoms with Gasteiger partial charge in [-0.05, 0) is 31.1 Å². The van der Waals surface area contributed by atoms with Gasteiger partial charge in [-0.2, -0.15) is 0 Å². The highest BCUT2D eigenvalue weighted by atomic mass is 16.4. The molecule has 1 rings (SSSR count). The quantitative estimate of drug-likeness (QED) is 0.720. The van der Waals surface area contributed by atoms with E-state index in [1.807, 2.05) is 4.90 Å². The molecular formula is C15H28N2O3. The highest BCUT2D eigenvalue weighted by molar-refractivity contribution is 5.74. The highest BCUT2D eigenvalue weighted by Gasteiger charge is 2.24. The number of carbonyl (C=O) groups excluding carboxylic acids is 1.